The van der Waals surface area contributed by atoms with E-state index >= 15 is 0 Å². The van der Waals surface area contributed by atoms with Crippen molar-refractivity contribution >= 4 is 5.97 Å². The lowest BCUT2D eigenvalue weighted by Crippen LogP contribution is -2.42. The predicted octanol–water partition coefficient (Wildman–Crippen LogP) is 1.74. The zero-order chi connectivity index (χ0) is 12.1. The molecular weight excluding hydrogens is 218 g/mol. The molecule has 0 saturated carbocycles. The lowest BCUT2D eigenvalue weighted by atomic mass is 9.96. The summed E-state index contributed by atoms with van der Waals surface area (Å²) >= 11 is 0. The van der Waals surface area contributed by atoms with Crippen LogP contribution in [0.25, 0.3) is 0 Å². The smallest absolute Gasteiger partial charge is 0.303 e. The molecule has 0 radical (unpaired) electrons. The summed E-state index contributed by atoms with van der Waals surface area (Å²) < 4.78 is 5.41. The number of carboxylic acid groups (broad SMARTS) is 1. The molecule has 2 aliphatic rings. The SMILES string of the molecule is O=C(O)CCC1CCCCN1CC1CCOC1. The van der Waals surface area contributed by atoms with Crippen molar-refractivity contribution in [2.24, 2.45) is 5.92 Å². The average molecular weight is 241 g/mol. The van der Waals surface area contributed by atoms with Gasteiger partial charge in [-0.15, -0.1) is 0 Å². The van der Waals surface area contributed by atoms with E-state index in [1.54, 1.807) is 0 Å². The molecule has 0 aliphatic carbocycles. The van der Waals surface area contributed by atoms with E-state index in [1.807, 2.05) is 0 Å². The number of carbonyl (C=O) groups is 1. The number of hydrogen-bond acceptors (Lipinski definition) is 3. The number of hydrogen-bond donors (Lipinski definition) is 1. The van der Waals surface area contributed by atoms with Crippen LogP contribution in [-0.2, 0) is 9.53 Å². The number of carboxylic acids is 1. The maximum absolute atomic E-state index is 10.7. The lowest BCUT2D eigenvalue weighted by molar-refractivity contribution is -0.137. The van der Waals surface area contributed by atoms with Gasteiger partial charge in [0.2, 0.25) is 0 Å². The quantitative estimate of drug-likeness (QED) is 0.796. The Morgan fingerprint density at radius 3 is 2.94 bits per heavy atom. The van der Waals surface area contributed by atoms with E-state index in [0.717, 1.165) is 32.7 Å². The summed E-state index contributed by atoms with van der Waals surface area (Å²) in [6.45, 7) is 4.03. The van der Waals surface area contributed by atoms with Crippen LogP contribution >= 0.6 is 0 Å². The number of likely N-dealkylation sites (tertiary alicyclic amines) is 1. The Hall–Kier alpha value is -0.610. The second kappa shape index (κ2) is 6.36. The van der Waals surface area contributed by atoms with E-state index in [4.69, 9.17) is 9.84 Å². The first-order chi connectivity index (χ1) is 8.25. The molecule has 98 valence electrons. The molecule has 2 aliphatic heterocycles. The summed E-state index contributed by atoms with van der Waals surface area (Å²) in [5, 5.41) is 8.78. The minimum atomic E-state index is -0.667. The van der Waals surface area contributed by atoms with E-state index < -0.39 is 5.97 Å². The lowest BCUT2D eigenvalue weighted by Gasteiger charge is -2.37. The van der Waals surface area contributed by atoms with E-state index in [-0.39, 0.29) is 0 Å². The van der Waals surface area contributed by atoms with Crippen molar-refractivity contribution in [3.8, 4) is 0 Å². The largest absolute Gasteiger partial charge is 0.481 e. The van der Waals surface area contributed by atoms with Gasteiger partial charge in [0.05, 0.1) is 6.61 Å². The number of piperidine rings is 1. The van der Waals surface area contributed by atoms with Crippen molar-refractivity contribution in [1.29, 1.82) is 0 Å². The normalized spacial score (nSPS) is 30.6. The second-order valence-corrected chi connectivity index (χ2v) is 5.31. The van der Waals surface area contributed by atoms with Crippen molar-refractivity contribution in [1.82, 2.24) is 4.90 Å². The molecular formula is C13H23NO3. The molecule has 2 fully saturated rings. The van der Waals surface area contributed by atoms with Crippen molar-refractivity contribution in [2.45, 2.75) is 44.6 Å². The Balaban J connectivity index is 1.80. The fourth-order valence-corrected chi connectivity index (χ4v) is 2.98. The Morgan fingerprint density at radius 1 is 1.35 bits per heavy atom. The molecule has 4 nitrogen and oxygen atoms in total. The fourth-order valence-electron chi connectivity index (χ4n) is 2.98. The van der Waals surface area contributed by atoms with Gasteiger partial charge in [0.25, 0.3) is 0 Å². The van der Waals surface area contributed by atoms with Crippen LogP contribution < -0.4 is 0 Å². The third-order valence-electron chi connectivity index (χ3n) is 3.96. The Bertz CT molecular complexity index is 251. The first-order valence-electron chi connectivity index (χ1n) is 6.79. The van der Waals surface area contributed by atoms with Gasteiger partial charge in [-0.2, -0.15) is 0 Å². The summed E-state index contributed by atoms with van der Waals surface area (Å²) in [6, 6.07) is 0.487. The highest BCUT2D eigenvalue weighted by Gasteiger charge is 2.26. The van der Waals surface area contributed by atoms with Gasteiger partial charge in [0.1, 0.15) is 0 Å². The zero-order valence-electron chi connectivity index (χ0n) is 10.4. The Labute approximate surface area is 103 Å². The van der Waals surface area contributed by atoms with Crippen LogP contribution in [0.2, 0.25) is 0 Å². The van der Waals surface area contributed by atoms with Gasteiger partial charge in [-0.25, -0.2) is 0 Å². The molecule has 4 heteroatoms. The van der Waals surface area contributed by atoms with Crippen molar-refractivity contribution < 1.29 is 14.6 Å². The van der Waals surface area contributed by atoms with Gasteiger partial charge in [0.15, 0.2) is 0 Å². The molecule has 17 heavy (non-hydrogen) atoms. The third-order valence-corrected chi connectivity index (χ3v) is 3.96. The first kappa shape index (κ1) is 12.8. The predicted molar refractivity (Wildman–Crippen MR) is 65.0 cm³/mol. The molecule has 2 heterocycles. The molecule has 0 aromatic rings. The fraction of sp³-hybridized carbons (Fsp3) is 0.923. The van der Waals surface area contributed by atoms with E-state index in [1.165, 1.54) is 25.7 Å². The second-order valence-electron chi connectivity index (χ2n) is 5.31. The van der Waals surface area contributed by atoms with Crippen LogP contribution in [0.3, 0.4) is 0 Å². The van der Waals surface area contributed by atoms with Crippen LogP contribution in [0.1, 0.15) is 38.5 Å². The number of aliphatic carboxylic acids is 1. The summed E-state index contributed by atoms with van der Waals surface area (Å²) in [7, 11) is 0. The Morgan fingerprint density at radius 2 is 2.24 bits per heavy atom. The van der Waals surface area contributed by atoms with Crippen LogP contribution in [0.5, 0.6) is 0 Å². The average Bonchev–Trinajstić information content (AvgIpc) is 2.80. The maximum atomic E-state index is 10.7. The Kier molecular flexibility index (Phi) is 4.80. The number of nitrogens with zero attached hydrogens (tertiary/aromatic N) is 1. The molecule has 0 spiro atoms. The van der Waals surface area contributed by atoms with Gasteiger partial charge < -0.3 is 14.7 Å². The van der Waals surface area contributed by atoms with Crippen LogP contribution in [0.4, 0.5) is 0 Å². The molecule has 2 atom stereocenters. The summed E-state index contributed by atoms with van der Waals surface area (Å²) in [6.07, 6.45) is 5.97. The van der Waals surface area contributed by atoms with Crippen LogP contribution in [-0.4, -0.2) is 48.3 Å². The first-order valence-corrected chi connectivity index (χ1v) is 6.79. The van der Waals surface area contributed by atoms with Gasteiger partial charge >= 0.3 is 5.97 Å². The molecule has 0 aromatic heterocycles. The van der Waals surface area contributed by atoms with Gasteiger partial charge in [-0.3, -0.25) is 4.79 Å². The highest BCUT2D eigenvalue weighted by molar-refractivity contribution is 5.66. The highest BCUT2D eigenvalue weighted by atomic mass is 16.5. The molecule has 0 amide bonds. The topological polar surface area (TPSA) is 49.8 Å². The monoisotopic (exact) mass is 241 g/mol. The van der Waals surface area contributed by atoms with Gasteiger partial charge in [-0.05, 0) is 38.1 Å². The molecule has 0 aromatic carbocycles. The van der Waals surface area contributed by atoms with Crippen LogP contribution in [0, 0.1) is 5.92 Å². The van der Waals surface area contributed by atoms with E-state index in [0.29, 0.717) is 18.4 Å². The highest BCUT2D eigenvalue weighted by Crippen LogP contribution is 2.24. The minimum absolute atomic E-state index is 0.308. The molecule has 2 saturated heterocycles. The summed E-state index contributed by atoms with van der Waals surface area (Å²) in [5.74, 6) is 0.000140. The van der Waals surface area contributed by atoms with Gasteiger partial charge in [0, 0.05) is 25.6 Å². The van der Waals surface area contributed by atoms with E-state index in [9.17, 15) is 4.79 Å². The van der Waals surface area contributed by atoms with Crippen LogP contribution in [0.15, 0.2) is 0 Å². The van der Waals surface area contributed by atoms with Crippen molar-refractivity contribution in [3.05, 3.63) is 0 Å². The van der Waals surface area contributed by atoms with E-state index in [2.05, 4.69) is 4.90 Å². The third kappa shape index (κ3) is 3.96. The van der Waals surface area contributed by atoms with Crippen molar-refractivity contribution in [2.75, 3.05) is 26.3 Å². The standard InChI is InChI=1S/C13H23NO3/c15-13(16)5-4-12-3-1-2-7-14(12)9-11-6-8-17-10-11/h11-12H,1-10H2,(H,15,16). The summed E-state index contributed by atoms with van der Waals surface area (Å²) in [4.78, 5) is 13.2. The number of ether oxygens (including phenoxy) is 1. The summed E-state index contributed by atoms with van der Waals surface area (Å²) in [5.41, 5.74) is 0. The number of rotatable bonds is 5. The molecule has 2 rings (SSSR count). The van der Waals surface area contributed by atoms with Gasteiger partial charge in [-0.1, -0.05) is 6.42 Å². The molecule has 1 N–H and O–H groups in total. The molecule has 0 bridgehead atoms. The van der Waals surface area contributed by atoms with Crippen molar-refractivity contribution in [3.63, 3.8) is 0 Å². The minimum Gasteiger partial charge on any atom is -0.481 e. The zero-order valence-corrected chi connectivity index (χ0v) is 10.4. The molecule has 2 unspecified atom stereocenters. The maximum Gasteiger partial charge on any atom is 0.303 e.